The Labute approximate surface area is 194 Å². The lowest BCUT2D eigenvalue weighted by Crippen LogP contribution is -2.56. The predicted molar refractivity (Wildman–Crippen MR) is 121 cm³/mol. The number of nitrogens with zero attached hydrogens (tertiary/aromatic N) is 4. The highest BCUT2D eigenvalue weighted by Gasteiger charge is 2.37. The number of aromatic nitrogens is 2. The van der Waals surface area contributed by atoms with Gasteiger partial charge in [-0.25, -0.2) is 9.97 Å². The number of nitrogens with two attached hydrogens (primary N) is 1. The van der Waals surface area contributed by atoms with Gasteiger partial charge in [0.2, 0.25) is 0 Å². The maximum atomic E-state index is 13.1. The Morgan fingerprint density at radius 2 is 2.00 bits per heavy atom. The van der Waals surface area contributed by atoms with Crippen LogP contribution in [0.25, 0.3) is 0 Å². The van der Waals surface area contributed by atoms with Gasteiger partial charge >= 0.3 is 11.8 Å². The molecule has 2 atom stereocenters. The normalized spacial score (nSPS) is 20.9. The van der Waals surface area contributed by atoms with Crippen LogP contribution in [0.5, 0.6) is 0 Å². The van der Waals surface area contributed by atoms with Crippen molar-refractivity contribution in [2.75, 3.05) is 11.9 Å². The van der Waals surface area contributed by atoms with Gasteiger partial charge in [-0.1, -0.05) is 30.9 Å². The number of hydrogen-bond donors (Lipinski definition) is 2. The van der Waals surface area contributed by atoms with E-state index in [0.29, 0.717) is 22.9 Å². The fraction of sp³-hybridized carbons (Fsp3) is 0.476. The number of fused-ring (bicyclic) bond motifs is 1. The SMILES string of the molecule is CN1Cc2nc(C(=O)N[C@@H]3CCCCC[C@H]3N(C(=O)C(N)=O)c3ccc(Cl)cn3)sc2C1. The number of amides is 3. The first-order valence-electron chi connectivity index (χ1n) is 10.6. The number of pyridine rings is 1. The van der Waals surface area contributed by atoms with Gasteiger partial charge in [0.1, 0.15) is 5.82 Å². The largest absolute Gasteiger partial charge is 0.361 e. The molecule has 11 heteroatoms. The van der Waals surface area contributed by atoms with Crippen LogP contribution in [0.15, 0.2) is 18.3 Å². The molecule has 0 bridgehead atoms. The summed E-state index contributed by atoms with van der Waals surface area (Å²) in [6.07, 6.45) is 5.40. The van der Waals surface area contributed by atoms with Gasteiger partial charge in [0, 0.05) is 24.2 Å². The van der Waals surface area contributed by atoms with Crippen LogP contribution in [0.4, 0.5) is 5.82 Å². The number of hydrogen-bond acceptors (Lipinski definition) is 7. The van der Waals surface area contributed by atoms with Crippen molar-refractivity contribution in [1.29, 1.82) is 0 Å². The highest BCUT2D eigenvalue weighted by molar-refractivity contribution is 7.13. The molecule has 1 saturated carbocycles. The van der Waals surface area contributed by atoms with Gasteiger partial charge < -0.3 is 11.1 Å². The average Bonchev–Trinajstić information content (AvgIpc) is 3.21. The number of carbonyl (C=O) groups excluding carboxylic acids is 3. The van der Waals surface area contributed by atoms with Crippen molar-refractivity contribution >= 4 is 46.5 Å². The second-order valence-electron chi connectivity index (χ2n) is 8.22. The first-order valence-corrected chi connectivity index (χ1v) is 11.8. The van der Waals surface area contributed by atoms with Gasteiger partial charge in [-0.3, -0.25) is 24.2 Å². The van der Waals surface area contributed by atoms with Crippen LogP contribution in [0, 0.1) is 0 Å². The molecular weight excluding hydrogens is 452 g/mol. The highest BCUT2D eigenvalue weighted by Crippen LogP contribution is 2.29. The standard InChI is InChI=1S/C21H25ClN6O3S/c1-27-10-14-16(11-27)32-20(26-14)19(30)25-13-5-3-2-4-6-15(13)28(21(31)18(23)29)17-8-7-12(22)9-24-17/h7-9,13,15H,2-6,10-11H2,1H3,(H2,23,29)(H,25,30)/t13-,15-/m1/s1. The number of thiazole rings is 1. The van der Waals surface area contributed by atoms with Gasteiger partial charge in [-0.2, -0.15) is 0 Å². The van der Waals surface area contributed by atoms with E-state index >= 15 is 0 Å². The number of anilines is 1. The van der Waals surface area contributed by atoms with Crippen molar-refractivity contribution in [3.63, 3.8) is 0 Å². The lowest BCUT2D eigenvalue weighted by molar-refractivity contribution is -0.136. The van der Waals surface area contributed by atoms with Crippen LogP contribution in [0.1, 0.15) is 52.5 Å². The fourth-order valence-electron chi connectivity index (χ4n) is 4.33. The molecule has 9 nitrogen and oxygen atoms in total. The van der Waals surface area contributed by atoms with Crippen LogP contribution in [0.3, 0.4) is 0 Å². The van der Waals surface area contributed by atoms with Crippen LogP contribution < -0.4 is 16.0 Å². The van der Waals surface area contributed by atoms with Gasteiger partial charge in [-0.15, -0.1) is 11.3 Å². The highest BCUT2D eigenvalue weighted by atomic mass is 35.5. The van der Waals surface area contributed by atoms with Crippen molar-refractivity contribution in [1.82, 2.24) is 20.2 Å². The topological polar surface area (TPSA) is 122 Å². The molecule has 0 saturated heterocycles. The first-order chi connectivity index (χ1) is 15.3. The van der Waals surface area contributed by atoms with Crippen LogP contribution in [0.2, 0.25) is 5.02 Å². The van der Waals surface area contributed by atoms with E-state index in [2.05, 4.69) is 20.2 Å². The van der Waals surface area contributed by atoms with Crippen molar-refractivity contribution < 1.29 is 14.4 Å². The molecule has 0 aromatic carbocycles. The molecule has 2 aromatic heterocycles. The van der Waals surface area contributed by atoms with E-state index in [1.807, 2.05) is 7.05 Å². The Kier molecular flexibility index (Phi) is 6.73. The summed E-state index contributed by atoms with van der Waals surface area (Å²) in [5.41, 5.74) is 6.30. The van der Waals surface area contributed by atoms with Crippen LogP contribution in [-0.4, -0.2) is 51.7 Å². The zero-order chi connectivity index (χ0) is 22.8. The number of nitrogens with one attached hydrogen (secondary N) is 1. The summed E-state index contributed by atoms with van der Waals surface area (Å²) in [5.74, 6) is -1.92. The summed E-state index contributed by atoms with van der Waals surface area (Å²) < 4.78 is 0. The Morgan fingerprint density at radius 1 is 1.22 bits per heavy atom. The Morgan fingerprint density at radius 3 is 2.69 bits per heavy atom. The van der Waals surface area contributed by atoms with Crippen molar-refractivity contribution in [3.8, 4) is 0 Å². The van der Waals surface area contributed by atoms with E-state index in [4.69, 9.17) is 17.3 Å². The Hall–Kier alpha value is -2.56. The van der Waals surface area contributed by atoms with Gasteiger partial charge in [0.25, 0.3) is 5.91 Å². The summed E-state index contributed by atoms with van der Waals surface area (Å²) >= 11 is 7.35. The van der Waals surface area contributed by atoms with Crippen LogP contribution in [-0.2, 0) is 22.7 Å². The molecule has 1 aliphatic heterocycles. The third-order valence-electron chi connectivity index (χ3n) is 5.82. The van der Waals surface area contributed by atoms with E-state index in [1.54, 1.807) is 12.1 Å². The Bertz CT molecular complexity index is 1000. The zero-order valence-corrected chi connectivity index (χ0v) is 19.3. The molecule has 1 fully saturated rings. The summed E-state index contributed by atoms with van der Waals surface area (Å²) in [5, 5.41) is 3.91. The van der Waals surface area contributed by atoms with Crippen molar-refractivity contribution in [3.05, 3.63) is 38.9 Å². The van der Waals surface area contributed by atoms with Crippen molar-refractivity contribution in [2.24, 2.45) is 5.73 Å². The smallest absolute Gasteiger partial charge is 0.317 e. The monoisotopic (exact) mass is 476 g/mol. The van der Waals surface area contributed by atoms with E-state index in [0.717, 1.165) is 42.9 Å². The van der Waals surface area contributed by atoms with Crippen LogP contribution >= 0.6 is 22.9 Å². The lowest BCUT2D eigenvalue weighted by Gasteiger charge is -2.35. The van der Waals surface area contributed by atoms with E-state index < -0.39 is 17.9 Å². The summed E-state index contributed by atoms with van der Waals surface area (Å²) in [6, 6.07) is 2.35. The second-order valence-corrected chi connectivity index (χ2v) is 9.74. The molecule has 0 spiro atoms. The maximum Gasteiger partial charge on any atom is 0.317 e. The molecule has 3 heterocycles. The molecule has 1 aliphatic carbocycles. The molecule has 3 N–H and O–H groups in total. The minimum absolute atomic E-state index is 0.264. The summed E-state index contributed by atoms with van der Waals surface area (Å²) in [7, 11) is 2.01. The van der Waals surface area contributed by atoms with Crippen molar-refractivity contribution in [2.45, 2.75) is 57.3 Å². The molecule has 2 aromatic rings. The third-order valence-corrected chi connectivity index (χ3v) is 7.13. The van der Waals surface area contributed by atoms with E-state index in [1.165, 1.54) is 22.4 Å². The quantitative estimate of drug-likeness (QED) is 0.514. The van der Waals surface area contributed by atoms with Gasteiger partial charge in [-0.05, 0) is 32.0 Å². The molecule has 32 heavy (non-hydrogen) atoms. The lowest BCUT2D eigenvalue weighted by atomic mass is 10.0. The van der Waals surface area contributed by atoms with Gasteiger partial charge in [0.15, 0.2) is 5.01 Å². The third kappa shape index (κ3) is 4.77. The molecule has 3 amide bonds. The molecule has 2 aliphatic rings. The minimum atomic E-state index is -1.07. The number of primary amides is 1. The van der Waals surface area contributed by atoms with E-state index in [9.17, 15) is 14.4 Å². The maximum absolute atomic E-state index is 13.1. The second kappa shape index (κ2) is 9.51. The number of halogens is 1. The first kappa shape index (κ1) is 22.6. The van der Waals surface area contributed by atoms with Gasteiger partial charge in [0.05, 0.1) is 22.8 Å². The average molecular weight is 477 g/mol. The van der Waals surface area contributed by atoms with E-state index in [-0.39, 0.29) is 17.8 Å². The molecule has 0 radical (unpaired) electrons. The molecule has 4 rings (SSSR count). The predicted octanol–water partition coefficient (Wildman–Crippen LogP) is 2.09. The molecule has 170 valence electrons. The molecule has 0 unspecified atom stereocenters. The number of rotatable bonds is 4. The number of carbonyl (C=O) groups is 3. The fourth-order valence-corrected chi connectivity index (χ4v) is 5.50. The minimum Gasteiger partial charge on any atom is -0.361 e. The summed E-state index contributed by atoms with van der Waals surface area (Å²) in [4.78, 5) is 51.0. The molecular formula is C21H25ClN6O3S. The Balaban J connectivity index is 1.61. The summed E-state index contributed by atoms with van der Waals surface area (Å²) in [6.45, 7) is 1.52. The zero-order valence-electron chi connectivity index (χ0n) is 17.7.